The average molecular weight is 324 g/mol. The number of piperidine rings is 1. The maximum absolute atomic E-state index is 9.75. The Balaban J connectivity index is 1.62. The Morgan fingerprint density at radius 2 is 1.86 bits per heavy atom. The van der Waals surface area contributed by atoms with Crippen molar-refractivity contribution in [3.05, 3.63) is 5.01 Å². The van der Waals surface area contributed by atoms with E-state index in [0.717, 1.165) is 29.8 Å². The lowest BCUT2D eigenvalue weighted by molar-refractivity contribution is 0.149. The van der Waals surface area contributed by atoms with Crippen LogP contribution in [0.5, 0.6) is 0 Å². The first kappa shape index (κ1) is 16.1. The van der Waals surface area contributed by atoms with Gasteiger partial charge in [0.2, 0.25) is 5.13 Å². The fourth-order valence-electron chi connectivity index (χ4n) is 3.57. The fraction of sp³-hybridized carbons (Fsp3) is 0.875. The van der Waals surface area contributed by atoms with Gasteiger partial charge in [-0.1, -0.05) is 31.6 Å². The van der Waals surface area contributed by atoms with Gasteiger partial charge in [0.05, 0.1) is 0 Å². The molecule has 1 N–H and O–H groups in total. The maximum atomic E-state index is 9.75. The van der Waals surface area contributed by atoms with E-state index in [1.807, 2.05) is 0 Å². The topological polar surface area (TPSA) is 52.5 Å². The number of anilines is 1. The van der Waals surface area contributed by atoms with Crippen molar-refractivity contribution in [3.63, 3.8) is 0 Å². The Labute approximate surface area is 137 Å². The van der Waals surface area contributed by atoms with Crippen molar-refractivity contribution in [2.45, 2.75) is 39.0 Å². The molecule has 2 fully saturated rings. The molecule has 5 nitrogen and oxygen atoms in total. The van der Waals surface area contributed by atoms with Crippen LogP contribution in [0.4, 0.5) is 5.13 Å². The van der Waals surface area contributed by atoms with Gasteiger partial charge < -0.3 is 14.9 Å². The predicted octanol–water partition coefficient (Wildman–Crippen LogP) is 2.19. The lowest BCUT2D eigenvalue weighted by Gasteiger charge is -2.30. The van der Waals surface area contributed by atoms with Crippen LogP contribution < -0.4 is 4.90 Å². The van der Waals surface area contributed by atoms with Gasteiger partial charge in [0, 0.05) is 38.1 Å². The third-order valence-corrected chi connectivity index (χ3v) is 6.23. The summed E-state index contributed by atoms with van der Waals surface area (Å²) in [4.78, 5) is 4.92. The molecule has 2 aliphatic heterocycles. The van der Waals surface area contributed by atoms with Gasteiger partial charge in [-0.15, -0.1) is 10.2 Å². The number of aliphatic hydroxyl groups excluding tert-OH is 1. The highest BCUT2D eigenvalue weighted by atomic mass is 32.1. The van der Waals surface area contributed by atoms with Crippen LogP contribution >= 0.6 is 11.3 Å². The summed E-state index contributed by atoms with van der Waals surface area (Å²) in [5, 5.41) is 20.6. The zero-order valence-corrected chi connectivity index (χ0v) is 14.6. The molecule has 22 heavy (non-hydrogen) atoms. The summed E-state index contributed by atoms with van der Waals surface area (Å²) < 4.78 is 0. The van der Waals surface area contributed by atoms with Crippen molar-refractivity contribution in [2.24, 2.45) is 11.8 Å². The smallest absolute Gasteiger partial charge is 0.208 e. The summed E-state index contributed by atoms with van der Waals surface area (Å²) in [6, 6.07) is 0. The first-order valence-electron chi connectivity index (χ1n) is 8.59. The van der Waals surface area contributed by atoms with Crippen molar-refractivity contribution in [1.29, 1.82) is 0 Å². The van der Waals surface area contributed by atoms with Gasteiger partial charge in [-0.25, -0.2) is 0 Å². The van der Waals surface area contributed by atoms with Gasteiger partial charge in [-0.3, -0.25) is 0 Å². The van der Waals surface area contributed by atoms with Crippen LogP contribution in [-0.4, -0.2) is 59.5 Å². The first-order valence-corrected chi connectivity index (χ1v) is 9.40. The Bertz CT molecular complexity index is 472. The zero-order valence-electron chi connectivity index (χ0n) is 13.7. The van der Waals surface area contributed by atoms with Gasteiger partial charge in [0.1, 0.15) is 5.01 Å². The first-order chi connectivity index (χ1) is 10.7. The molecular weight excluding hydrogens is 296 g/mol. The standard InChI is InChI=1S/C16H28N4OS/c1-12(2)15-17-18-16(22-15)20-9-13(14(10-20)11-21)8-19-6-4-3-5-7-19/h12-14,21H,3-11H2,1-2H3/t13-,14-/m1/s1. The van der Waals surface area contributed by atoms with Crippen LogP contribution in [0.15, 0.2) is 0 Å². The SMILES string of the molecule is CC(C)c1nnc(N2C[C@@H](CN3CCCCC3)[C@@H](CO)C2)s1. The van der Waals surface area contributed by atoms with E-state index in [1.165, 1.54) is 32.4 Å². The van der Waals surface area contributed by atoms with Crippen LogP contribution in [0.2, 0.25) is 0 Å². The van der Waals surface area contributed by atoms with Gasteiger partial charge >= 0.3 is 0 Å². The van der Waals surface area contributed by atoms with E-state index in [9.17, 15) is 5.11 Å². The molecule has 0 aromatic carbocycles. The van der Waals surface area contributed by atoms with Crippen molar-refractivity contribution in [3.8, 4) is 0 Å². The minimum atomic E-state index is 0.283. The Kier molecular flexibility index (Phi) is 5.31. The summed E-state index contributed by atoms with van der Waals surface area (Å²) in [5.74, 6) is 1.36. The monoisotopic (exact) mass is 324 g/mol. The molecule has 3 heterocycles. The van der Waals surface area contributed by atoms with Crippen LogP contribution in [-0.2, 0) is 0 Å². The minimum Gasteiger partial charge on any atom is -0.396 e. The van der Waals surface area contributed by atoms with Gasteiger partial charge in [0.25, 0.3) is 0 Å². The maximum Gasteiger partial charge on any atom is 0.208 e. The highest BCUT2D eigenvalue weighted by Gasteiger charge is 2.35. The van der Waals surface area contributed by atoms with E-state index in [-0.39, 0.29) is 6.61 Å². The molecule has 1 aromatic heterocycles. The lowest BCUT2D eigenvalue weighted by atomic mass is 9.95. The van der Waals surface area contributed by atoms with Crippen molar-refractivity contribution in [1.82, 2.24) is 15.1 Å². The molecule has 0 saturated carbocycles. The second-order valence-electron chi connectivity index (χ2n) is 7.05. The van der Waals surface area contributed by atoms with E-state index in [2.05, 4.69) is 33.8 Å². The molecule has 2 aliphatic rings. The number of rotatable bonds is 5. The highest BCUT2D eigenvalue weighted by molar-refractivity contribution is 7.15. The van der Waals surface area contributed by atoms with Crippen LogP contribution in [0.1, 0.15) is 44.0 Å². The van der Waals surface area contributed by atoms with Gasteiger partial charge in [-0.2, -0.15) is 0 Å². The summed E-state index contributed by atoms with van der Waals surface area (Å²) in [6.07, 6.45) is 4.03. The molecule has 124 valence electrons. The Morgan fingerprint density at radius 3 is 2.50 bits per heavy atom. The highest BCUT2D eigenvalue weighted by Crippen LogP contribution is 2.32. The molecule has 0 radical (unpaired) electrons. The van der Waals surface area contributed by atoms with E-state index in [0.29, 0.717) is 17.8 Å². The quantitative estimate of drug-likeness (QED) is 0.900. The summed E-state index contributed by atoms with van der Waals surface area (Å²) in [6.45, 7) is 10.1. The van der Waals surface area contributed by atoms with Crippen molar-refractivity contribution in [2.75, 3.05) is 44.2 Å². The van der Waals surface area contributed by atoms with E-state index in [4.69, 9.17) is 0 Å². The van der Waals surface area contributed by atoms with Crippen molar-refractivity contribution < 1.29 is 5.11 Å². The molecule has 0 unspecified atom stereocenters. The number of hydrogen-bond acceptors (Lipinski definition) is 6. The molecule has 1 aromatic rings. The molecule has 0 spiro atoms. The van der Waals surface area contributed by atoms with Crippen LogP contribution in [0.3, 0.4) is 0 Å². The van der Waals surface area contributed by atoms with Gasteiger partial charge in [0.15, 0.2) is 0 Å². The molecule has 6 heteroatoms. The number of likely N-dealkylation sites (tertiary alicyclic amines) is 1. The van der Waals surface area contributed by atoms with Crippen molar-refractivity contribution >= 4 is 16.5 Å². The largest absolute Gasteiger partial charge is 0.396 e. The fourth-order valence-corrected chi connectivity index (χ4v) is 4.43. The third-order valence-electron chi connectivity index (χ3n) is 4.95. The second kappa shape index (κ2) is 7.23. The Hall–Kier alpha value is -0.720. The molecule has 0 aliphatic carbocycles. The van der Waals surface area contributed by atoms with E-state index >= 15 is 0 Å². The second-order valence-corrected chi connectivity index (χ2v) is 8.03. The number of hydrogen-bond donors (Lipinski definition) is 1. The molecule has 3 rings (SSSR count). The van der Waals surface area contributed by atoms with Crippen LogP contribution in [0, 0.1) is 11.8 Å². The summed E-state index contributed by atoms with van der Waals surface area (Å²) >= 11 is 1.71. The van der Waals surface area contributed by atoms with E-state index in [1.54, 1.807) is 11.3 Å². The molecule has 0 bridgehead atoms. The van der Waals surface area contributed by atoms with Gasteiger partial charge in [-0.05, 0) is 31.8 Å². The third kappa shape index (κ3) is 3.60. The molecule has 2 atom stereocenters. The number of aliphatic hydroxyl groups is 1. The summed E-state index contributed by atoms with van der Waals surface area (Å²) in [7, 11) is 0. The predicted molar refractivity (Wildman–Crippen MR) is 90.6 cm³/mol. The lowest BCUT2D eigenvalue weighted by Crippen LogP contribution is -2.37. The zero-order chi connectivity index (χ0) is 15.5. The molecular formula is C16H28N4OS. The molecule has 0 amide bonds. The molecule has 2 saturated heterocycles. The number of aromatic nitrogens is 2. The van der Waals surface area contributed by atoms with E-state index < -0.39 is 0 Å². The average Bonchev–Trinajstić information content (AvgIpc) is 3.14. The minimum absolute atomic E-state index is 0.283. The Morgan fingerprint density at radius 1 is 1.14 bits per heavy atom. The number of nitrogens with zero attached hydrogens (tertiary/aromatic N) is 4. The summed E-state index contributed by atoms with van der Waals surface area (Å²) in [5.41, 5.74) is 0. The normalized spacial score (nSPS) is 27.0. The van der Waals surface area contributed by atoms with Crippen LogP contribution in [0.25, 0.3) is 0 Å².